The van der Waals surface area contributed by atoms with Crippen molar-refractivity contribution >= 4 is 11.9 Å². The number of likely N-dealkylation sites (N-methyl/N-ethyl adjacent to an activating group) is 1. The fraction of sp³-hybridized carbons (Fsp3) is 0.889. The lowest BCUT2D eigenvalue weighted by Gasteiger charge is -2.26. The zero-order valence-corrected chi connectivity index (χ0v) is 15.3. The highest BCUT2D eigenvalue weighted by Crippen LogP contribution is 2.29. The number of carbonyl (C=O) groups is 1. The van der Waals surface area contributed by atoms with Gasteiger partial charge in [-0.15, -0.1) is 0 Å². The molecule has 1 heterocycles. The van der Waals surface area contributed by atoms with Crippen LogP contribution < -0.4 is 10.6 Å². The van der Waals surface area contributed by atoms with Gasteiger partial charge in [0.05, 0.1) is 0 Å². The average Bonchev–Trinajstić information content (AvgIpc) is 3.33. The van der Waals surface area contributed by atoms with Crippen LogP contribution in [-0.2, 0) is 4.79 Å². The first-order chi connectivity index (χ1) is 11.6. The molecule has 136 valence electrons. The molecule has 3 rings (SSSR count). The SMILES string of the molecule is CN(C)C(=O)CN=C(NC1CCCCC1)NC1CCN(C2CC2)C1. The molecule has 0 aromatic carbocycles. The third-order valence-corrected chi connectivity index (χ3v) is 5.44. The zero-order chi connectivity index (χ0) is 16.9. The van der Waals surface area contributed by atoms with Crippen molar-refractivity contribution in [2.24, 2.45) is 4.99 Å². The normalized spacial score (nSPS) is 26.4. The van der Waals surface area contributed by atoms with Gasteiger partial charge in [0.25, 0.3) is 0 Å². The van der Waals surface area contributed by atoms with Gasteiger partial charge in [0, 0.05) is 45.3 Å². The maximum Gasteiger partial charge on any atom is 0.243 e. The summed E-state index contributed by atoms with van der Waals surface area (Å²) in [5.74, 6) is 0.880. The topological polar surface area (TPSA) is 60.0 Å². The van der Waals surface area contributed by atoms with Crippen LogP contribution in [0.15, 0.2) is 4.99 Å². The molecule has 1 atom stereocenters. The first-order valence-electron chi connectivity index (χ1n) is 9.63. The second kappa shape index (κ2) is 8.19. The lowest BCUT2D eigenvalue weighted by molar-refractivity contribution is -0.127. The monoisotopic (exact) mass is 335 g/mol. The Labute approximate surface area is 146 Å². The number of carbonyl (C=O) groups excluding carboxylic acids is 1. The molecule has 1 amide bonds. The first-order valence-corrected chi connectivity index (χ1v) is 9.63. The summed E-state index contributed by atoms with van der Waals surface area (Å²) in [5, 5.41) is 7.18. The lowest BCUT2D eigenvalue weighted by atomic mass is 9.96. The molecule has 3 fully saturated rings. The van der Waals surface area contributed by atoms with Gasteiger partial charge in [-0.2, -0.15) is 0 Å². The summed E-state index contributed by atoms with van der Waals surface area (Å²) in [6.07, 6.45) is 10.2. The molecule has 1 saturated heterocycles. The molecular weight excluding hydrogens is 302 g/mol. The number of rotatable bonds is 5. The smallest absolute Gasteiger partial charge is 0.243 e. The van der Waals surface area contributed by atoms with Crippen LogP contribution in [-0.4, -0.2) is 73.5 Å². The van der Waals surface area contributed by atoms with E-state index in [9.17, 15) is 4.79 Å². The molecule has 6 heteroatoms. The predicted molar refractivity (Wildman–Crippen MR) is 97.1 cm³/mol. The summed E-state index contributed by atoms with van der Waals surface area (Å²) in [6, 6.07) is 1.79. The molecule has 3 aliphatic rings. The van der Waals surface area contributed by atoms with Gasteiger partial charge in [-0.25, -0.2) is 4.99 Å². The van der Waals surface area contributed by atoms with Crippen molar-refractivity contribution in [1.82, 2.24) is 20.4 Å². The summed E-state index contributed by atoms with van der Waals surface area (Å²) in [4.78, 5) is 20.7. The first kappa shape index (κ1) is 17.5. The van der Waals surface area contributed by atoms with Crippen LogP contribution in [0.1, 0.15) is 51.4 Å². The van der Waals surface area contributed by atoms with Crippen LogP contribution in [0.5, 0.6) is 0 Å². The van der Waals surface area contributed by atoms with E-state index in [4.69, 9.17) is 0 Å². The van der Waals surface area contributed by atoms with E-state index >= 15 is 0 Å². The Morgan fingerprint density at radius 1 is 1.04 bits per heavy atom. The number of hydrogen-bond donors (Lipinski definition) is 2. The van der Waals surface area contributed by atoms with Crippen molar-refractivity contribution in [1.29, 1.82) is 0 Å². The molecule has 0 radical (unpaired) electrons. The molecule has 6 nitrogen and oxygen atoms in total. The minimum atomic E-state index is 0.0470. The van der Waals surface area contributed by atoms with E-state index in [0.717, 1.165) is 18.5 Å². The molecule has 1 unspecified atom stereocenters. The molecule has 0 aromatic heterocycles. The maximum absolute atomic E-state index is 11.9. The van der Waals surface area contributed by atoms with Gasteiger partial charge in [-0.1, -0.05) is 19.3 Å². The van der Waals surface area contributed by atoms with Crippen molar-refractivity contribution in [2.45, 2.75) is 69.5 Å². The summed E-state index contributed by atoms with van der Waals surface area (Å²) in [5.41, 5.74) is 0. The van der Waals surface area contributed by atoms with Crippen molar-refractivity contribution in [2.75, 3.05) is 33.7 Å². The highest BCUT2D eigenvalue weighted by Gasteiger charge is 2.34. The van der Waals surface area contributed by atoms with Crippen molar-refractivity contribution in [3.63, 3.8) is 0 Å². The Bertz CT molecular complexity index is 454. The van der Waals surface area contributed by atoms with Gasteiger partial charge in [-0.3, -0.25) is 9.69 Å². The number of amides is 1. The summed E-state index contributed by atoms with van der Waals surface area (Å²) < 4.78 is 0. The van der Waals surface area contributed by atoms with Crippen molar-refractivity contribution in [3.05, 3.63) is 0 Å². The molecule has 0 spiro atoms. The maximum atomic E-state index is 11.9. The van der Waals surface area contributed by atoms with E-state index in [1.807, 2.05) is 0 Å². The van der Waals surface area contributed by atoms with Crippen LogP contribution in [0.25, 0.3) is 0 Å². The summed E-state index contributed by atoms with van der Waals surface area (Å²) >= 11 is 0. The standard InChI is InChI=1S/C18H33N5O/c1-22(2)17(24)12-19-18(20-14-6-4-3-5-7-14)21-15-10-11-23(13-15)16-8-9-16/h14-16H,3-13H2,1-2H3,(H2,19,20,21). The molecule has 2 aliphatic carbocycles. The number of nitrogens with one attached hydrogen (secondary N) is 2. The highest BCUT2D eigenvalue weighted by atomic mass is 16.2. The Balaban J connectivity index is 1.55. The quantitative estimate of drug-likeness (QED) is 0.585. The Morgan fingerprint density at radius 3 is 2.42 bits per heavy atom. The lowest BCUT2D eigenvalue weighted by Crippen LogP contribution is -2.49. The second-order valence-electron chi connectivity index (χ2n) is 7.79. The Hall–Kier alpha value is -1.30. The highest BCUT2D eigenvalue weighted by molar-refractivity contribution is 5.85. The second-order valence-corrected chi connectivity index (χ2v) is 7.79. The minimum absolute atomic E-state index is 0.0470. The van der Waals surface area contributed by atoms with Crippen LogP contribution in [0.2, 0.25) is 0 Å². The Morgan fingerprint density at radius 2 is 1.75 bits per heavy atom. The van der Waals surface area contributed by atoms with Crippen LogP contribution >= 0.6 is 0 Å². The van der Waals surface area contributed by atoms with E-state index in [1.54, 1.807) is 19.0 Å². The summed E-state index contributed by atoms with van der Waals surface area (Å²) in [7, 11) is 3.56. The van der Waals surface area contributed by atoms with E-state index in [-0.39, 0.29) is 12.5 Å². The van der Waals surface area contributed by atoms with E-state index < -0.39 is 0 Å². The third-order valence-electron chi connectivity index (χ3n) is 5.44. The minimum Gasteiger partial charge on any atom is -0.354 e. The number of guanidine groups is 1. The molecule has 2 N–H and O–H groups in total. The molecule has 24 heavy (non-hydrogen) atoms. The summed E-state index contributed by atoms with van der Waals surface area (Å²) in [6.45, 7) is 2.52. The molecule has 0 bridgehead atoms. The number of likely N-dealkylation sites (tertiary alicyclic amines) is 1. The van der Waals surface area contributed by atoms with Crippen molar-refractivity contribution in [3.8, 4) is 0 Å². The molecular formula is C18H33N5O. The third kappa shape index (κ3) is 5.10. The van der Waals surface area contributed by atoms with Crippen LogP contribution in [0.3, 0.4) is 0 Å². The van der Waals surface area contributed by atoms with Gasteiger partial charge in [0.15, 0.2) is 5.96 Å². The molecule has 0 aromatic rings. The van der Waals surface area contributed by atoms with Crippen LogP contribution in [0, 0.1) is 0 Å². The fourth-order valence-electron chi connectivity index (χ4n) is 3.73. The van der Waals surface area contributed by atoms with Crippen molar-refractivity contribution < 1.29 is 4.79 Å². The molecule has 2 saturated carbocycles. The predicted octanol–water partition coefficient (Wildman–Crippen LogP) is 1.18. The van der Waals surface area contributed by atoms with Gasteiger partial charge < -0.3 is 15.5 Å². The molecule has 1 aliphatic heterocycles. The van der Waals surface area contributed by atoms with Gasteiger partial charge in [0.1, 0.15) is 6.54 Å². The average molecular weight is 335 g/mol. The fourth-order valence-corrected chi connectivity index (χ4v) is 3.73. The largest absolute Gasteiger partial charge is 0.354 e. The Kier molecular flexibility index (Phi) is 5.98. The number of nitrogens with zero attached hydrogens (tertiary/aromatic N) is 3. The van der Waals surface area contributed by atoms with Crippen LogP contribution in [0.4, 0.5) is 0 Å². The zero-order valence-electron chi connectivity index (χ0n) is 15.3. The number of hydrogen-bond acceptors (Lipinski definition) is 3. The van der Waals surface area contributed by atoms with E-state index in [0.29, 0.717) is 12.1 Å². The number of aliphatic imine (C=N–C) groups is 1. The van der Waals surface area contributed by atoms with E-state index in [2.05, 4.69) is 20.5 Å². The van der Waals surface area contributed by atoms with Gasteiger partial charge in [-0.05, 0) is 32.1 Å². The van der Waals surface area contributed by atoms with E-state index in [1.165, 1.54) is 57.9 Å². The van der Waals surface area contributed by atoms with Gasteiger partial charge in [0.2, 0.25) is 5.91 Å². The van der Waals surface area contributed by atoms with Gasteiger partial charge >= 0.3 is 0 Å².